The van der Waals surface area contributed by atoms with Crippen molar-refractivity contribution >= 4 is 23.4 Å². The molecule has 0 aliphatic carbocycles. The molecule has 4 N–H and O–H groups in total. The molecule has 0 radical (unpaired) electrons. The minimum atomic E-state index is -0.854. The van der Waals surface area contributed by atoms with E-state index in [-0.39, 0.29) is 31.2 Å². The summed E-state index contributed by atoms with van der Waals surface area (Å²) in [5.74, 6) is -1.67. The molecule has 3 aromatic rings. The average Bonchev–Trinajstić information content (AvgIpc) is 3.06. The molecule has 0 spiro atoms. The first-order valence-electron chi connectivity index (χ1n) is 15.5. The number of alkyl carbamates (subject to hydrolysis) is 1. The predicted octanol–water partition coefficient (Wildman–Crippen LogP) is 4.96. The van der Waals surface area contributed by atoms with Crippen LogP contribution in [0.2, 0.25) is 0 Å². The van der Waals surface area contributed by atoms with Crippen LogP contribution in [0.5, 0.6) is 0 Å². The quantitative estimate of drug-likeness (QED) is 0.222. The summed E-state index contributed by atoms with van der Waals surface area (Å²) in [6.07, 6.45) is 1.90. The lowest BCUT2D eigenvalue weighted by molar-refractivity contribution is -0.116. The Bertz CT molecular complexity index is 1430. The van der Waals surface area contributed by atoms with Crippen molar-refractivity contribution in [3.05, 3.63) is 95.3 Å². The molecule has 9 nitrogen and oxygen atoms in total. The van der Waals surface area contributed by atoms with Gasteiger partial charge in [-0.25, -0.2) is 18.0 Å². The molecule has 2 fully saturated rings. The van der Waals surface area contributed by atoms with Gasteiger partial charge in [0.25, 0.3) is 0 Å². The number of anilines is 2. The predicted molar refractivity (Wildman–Crippen MR) is 167 cm³/mol. The minimum Gasteiger partial charge on any atom is -0.448 e. The molecule has 46 heavy (non-hydrogen) atoms. The summed E-state index contributed by atoms with van der Waals surface area (Å²) in [4.78, 5) is 25.5. The Morgan fingerprint density at radius 1 is 0.957 bits per heavy atom. The van der Waals surface area contributed by atoms with Gasteiger partial charge in [-0.3, -0.25) is 4.79 Å². The van der Waals surface area contributed by atoms with Gasteiger partial charge in [-0.15, -0.1) is 0 Å². The number of rotatable bonds is 12. The number of hydrogen-bond acceptors (Lipinski definition) is 7. The SMILES string of the molecule is O=C(NC1CCOCC1)OC[C@@H]1CO[C@H](CCc2c(F)cccc2N[C@@H](Cc2ccc(F)cc2)C(=O)Nc2ccc(F)cc2)CN1. The first kappa shape index (κ1) is 33.2. The van der Waals surface area contributed by atoms with E-state index < -0.39 is 35.5 Å². The Morgan fingerprint density at radius 3 is 2.37 bits per heavy atom. The molecule has 246 valence electrons. The van der Waals surface area contributed by atoms with Gasteiger partial charge in [0.1, 0.15) is 30.1 Å². The standard InChI is InChI=1S/C34H39F3N4O5/c35-23-6-4-22(5-7-23)18-32(33(42)39-25-10-8-24(36)9-11-25)41-31-3-1-2-30(37)29(31)13-12-28-19-38-27(20-45-28)21-46-34(43)40-26-14-16-44-17-15-26/h1-11,26-28,32,38,41H,12-21H2,(H,39,42)(H,40,43)/t27-,28+,32-/m0/s1. The van der Waals surface area contributed by atoms with Crippen LogP contribution in [-0.2, 0) is 31.8 Å². The van der Waals surface area contributed by atoms with E-state index >= 15 is 4.39 Å². The zero-order valence-electron chi connectivity index (χ0n) is 25.4. The van der Waals surface area contributed by atoms with Crippen LogP contribution in [0.3, 0.4) is 0 Å². The number of nitrogens with one attached hydrogen (secondary N) is 4. The van der Waals surface area contributed by atoms with E-state index in [1.807, 2.05) is 0 Å². The number of amides is 2. The molecule has 3 aromatic carbocycles. The van der Waals surface area contributed by atoms with Gasteiger partial charge in [-0.05, 0) is 79.8 Å². The van der Waals surface area contributed by atoms with E-state index in [0.29, 0.717) is 61.7 Å². The van der Waals surface area contributed by atoms with E-state index in [1.165, 1.54) is 42.5 Å². The van der Waals surface area contributed by atoms with E-state index in [4.69, 9.17) is 14.2 Å². The molecule has 2 aliphatic heterocycles. The maximum atomic E-state index is 15.2. The van der Waals surface area contributed by atoms with E-state index in [0.717, 1.165) is 12.8 Å². The van der Waals surface area contributed by atoms with Gasteiger partial charge in [0.05, 0.1) is 18.8 Å². The zero-order valence-corrected chi connectivity index (χ0v) is 25.4. The Kier molecular flexibility index (Phi) is 11.9. The minimum absolute atomic E-state index is 0.0568. The van der Waals surface area contributed by atoms with Gasteiger partial charge in [0, 0.05) is 49.2 Å². The molecule has 0 bridgehead atoms. The molecule has 2 saturated heterocycles. The fraction of sp³-hybridized carbons (Fsp3) is 0.412. The molecule has 5 rings (SSSR count). The average molecular weight is 641 g/mol. The third kappa shape index (κ3) is 9.93. The highest BCUT2D eigenvalue weighted by molar-refractivity contribution is 5.96. The number of benzene rings is 3. The summed E-state index contributed by atoms with van der Waals surface area (Å²) >= 11 is 0. The monoisotopic (exact) mass is 640 g/mol. The van der Waals surface area contributed by atoms with Crippen LogP contribution in [-0.4, -0.2) is 69.2 Å². The van der Waals surface area contributed by atoms with Crippen molar-refractivity contribution in [2.75, 3.05) is 43.6 Å². The number of halogens is 3. The third-order valence-corrected chi connectivity index (χ3v) is 8.07. The molecular weight excluding hydrogens is 601 g/mol. The second-order valence-corrected chi connectivity index (χ2v) is 11.5. The van der Waals surface area contributed by atoms with Gasteiger partial charge in [-0.1, -0.05) is 18.2 Å². The van der Waals surface area contributed by atoms with Gasteiger partial charge in [0.2, 0.25) is 5.91 Å². The molecule has 12 heteroatoms. The van der Waals surface area contributed by atoms with E-state index in [1.54, 1.807) is 24.3 Å². The van der Waals surface area contributed by atoms with E-state index in [9.17, 15) is 18.4 Å². The molecule has 0 saturated carbocycles. The Labute approximate surface area is 266 Å². The maximum Gasteiger partial charge on any atom is 0.407 e. The van der Waals surface area contributed by atoms with Crippen LogP contribution in [0.4, 0.5) is 29.3 Å². The normalized spacial score (nSPS) is 19.2. The van der Waals surface area contributed by atoms with Crippen molar-refractivity contribution in [2.24, 2.45) is 0 Å². The summed E-state index contributed by atoms with van der Waals surface area (Å²) in [7, 11) is 0. The number of carbonyl (C=O) groups is 2. The highest BCUT2D eigenvalue weighted by Gasteiger charge is 2.25. The smallest absolute Gasteiger partial charge is 0.407 e. The molecule has 2 heterocycles. The Balaban J connectivity index is 1.16. The van der Waals surface area contributed by atoms with Gasteiger partial charge in [-0.2, -0.15) is 0 Å². The highest BCUT2D eigenvalue weighted by Crippen LogP contribution is 2.24. The van der Waals surface area contributed by atoms with Crippen LogP contribution in [0, 0.1) is 17.5 Å². The van der Waals surface area contributed by atoms with Gasteiger partial charge in [0.15, 0.2) is 0 Å². The molecule has 2 aliphatic rings. The van der Waals surface area contributed by atoms with Crippen LogP contribution in [0.1, 0.15) is 30.4 Å². The Hall–Kier alpha value is -4.13. The molecule has 0 unspecified atom stereocenters. The van der Waals surface area contributed by atoms with Crippen molar-refractivity contribution in [3.63, 3.8) is 0 Å². The van der Waals surface area contributed by atoms with Gasteiger partial charge < -0.3 is 35.5 Å². The summed E-state index contributed by atoms with van der Waals surface area (Å²) < 4.78 is 58.8. The van der Waals surface area contributed by atoms with Crippen LogP contribution >= 0.6 is 0 Å². The number of morpholine rings is 1. The molecule has 3 atom stereocenters. The van der Waals surface area contributed by atoms with Crippen molar-refractivity contribution in [1.29, 1.82) is 0 Å². The van der Waals surface area contributed by atoms with Gasteiger partial charge >= 0.3 is 6.09 Å². The number of carbonyl (C=O) groups excluding carboxylic acids is 2. The zero-order chi connectivity index (χ0) is 32.3. The second kappa shape index (κ2) is 16.4. The lowest BCUT2D eigenvalue weighted by atomic mass is 10.0. The first-order valence-corrected chi connectivity index (χ1v) is 15.5. The molecular formula is C34H39F3N4O5. The summed E-state index contributed by atoms with van der Waals surface area (Å²) in [6.45, 7) is 2.25. The fourth-order valence-electron chi connectivity index (χ4n) is 5.46. The maximum absolute atomic E-state index is 15.2. The highest BCUT2D eigenvalue weighted by atomic mass is 19.1. The largest absolute Gasteiger partial charge is 0.448 e. The van der Waals surface area contributed by atoms with Crippen molar-refractivity contribution in [1.82, 2.24) is 10.6 Å². The second-order valence-electron chi connectivity index (χ2n) is 11.5. The van der Waals surface area contributed by atoms with E-state index in [2.05, 4.69) is 21.3 Å². The lowest BCUT2D eigenvalue weighted by Gasteiger charge is -2.30. The van der Waals surface area contributed by atoms with Crippen molar-refractivity contribution in [3.8, 4) is 0 Å². The van der Waals surface area contributed by atoms with Crippen LogP contribution in [0.25, 0.3) is 0 Å². The van der Waals surface area contributed by atoms with Crippen LogP contribution in [0.15, 0.2) is 66.7 Å². The first-order chi connectivity index (χ1) is 22.3. The third-order valence-electron chi connectivity index (χ3n) is 8.07. The Morgan fingerprint density at radius 2 is 1.67 bits per heavy atom. The van der Waals surface area contributed by atoms with Crippen molar-refractivity contribution < 1.29 is 37.0 Å². The fourth-order valence-corrected chi connectivity index (χ4v) is 5.46. The molecule has 0 aromatic heterocycles. The van der Waals surface area contributed by atoms with Crippen molar-refractivity contribution in [2.45, 2.75) is 56.3 Å². The lowest BCUT2D eigenvalue weighted by Crippen LogP contribution is -2.49. The number of ether oxygens (including phenoxy) is 3. The summed E-state index contributed by atoms with van der Waals surface area (Å²) in [6, 6.07) is 14.9. The molecule has 2 amide bonds. The topological polar surface area (TPSA) is 110 Å². The summed E-state index contributed by atoms with van der Waals surface area (Å²) in [5.41, 5.74) is 1.96. The number of hydrogen-bond donors (Lipinski definition) is 4. The van der Waals surface area contributed by atoms with Crippen LogP contribution < -0.4 is 21.3 Å². The summed E-state index contributed by atoms with van der Waals surface area (Å²) in [5, 5.41) is 12.2.